The number of fused-ring (bicyclic) bond motifs is 1. The summed E-state index contributed by atoms with van der Waals surface area (Å²) in [5.74, 6) is -1.18. The SMILES string of the molecule is O=C1Nc2ccc(F)cc2C1C=Nc1ccc(CO)cc1. The molecule has 0 spiro atoms. The Bertz CT molecular complexity index is 711. The number of nitrogens with one attached hydrogen (secondary N) is 1. The van der Waals surface area contributed by atoms with Crippen molar-refractivity contribution in [1.29, 1.82) is 0 Å². The first-order valence-electron chi connectivity index (χ1n) is 6.51. The van der Waals surface area contributed by atoms with E-state index < -0.39 is 5.92 Å². The molecule has 106 valence electrons. The minimum Gasteiger partial charge on any atom is -0.392 e. The molecule has 2 aromatic carbocycles. The van der Waals surface area contributed by atoms with Gasteiger partial charge in [0, 0.05) is 11.9 Å². The fourth-order valence-corrected chi connectivity index (χ4v) is 2.25. The molecule has 1 atom stereocenters. The molecular formula is C16H13FN2O2. The molecule has 1 unspecified atom stereocenters. The molecule has 0 fully saturated rings. The van der Waals surface area contributed by atoms with Crippen LogP contribution in [0, 0.1) is 5.82 Å². The van der Waals surface area contributed by atoms with Crippen LogP contribution in [0.4, 0.5) is 15.8 Å². The Morgan fingerprint density at radius 1 is 1.24 bits per heavy atom. The molecule has 1 heterocycles. The zero-order valence-electron chi connectivity index (χ0n) is 11.1. The maximum absolute atomic E-state index is 13.3. The number of halogens is 1. The van der Waals surface area contributed by atoms with Gasteiger partial charge < -0.3 is 10.4 Å². The van der Waals surface area contributed by atoms with Crippen molar-refractivity contribution in [2.75, 3.05) is 5.32 Å². The number of carbonyl (C=O) groups is 1. The van der Waals surface area contributed by atoms with E-state index in [1.54, 1.807) is 30.3 Å². The van der Waals surface area contributed by atoms with E-state index in [1.165, 1.54) is 18.3 Å². The summed E-state index contributed by atoms with van der Waals surface area (Å²) in [6.07, 6.45) is 1.51. The molecular weight excluding hydrogens is 271 g/mol. The number of nitrogens with zero attached hydrogens (tertiary/aromatic N) is 1. The molecule has 0 radical (unpaired) electrons. The lowest BCUT2D eigenvalue weighted by molar-refractivity contribution is -0.115. The Kier molecular flexibility index (Phi) is 3.50. The standard InChI is InChI=1S/C16H13FN2O2/c17-11-3-6-15-13(7-11)14(16(21)19-15)8-18-12-4-1-10(9-20)2-5-12/h1-8,14,20H,9H2,(H,19,21). The number of carbonyl (C=O) groups excluding carboxylic acids is 1. The summed E-state index contributed by atoms with van der Waals surface area (Å²) in [4.78, 5) is 16.2. The first kappa shape index (κ1) is 13.5. The summed E-state index contributed by atoms with van der Waals surface area (Å²) in [6, 6.07) is 11.2. The van der Waals surface area contributed by atoms with Crippen molar-refractivity contribution in [3.8, 4) is 0 Å². The predicted molar refractivity (Wildman–Crippen MR) is 78.3 cm³/mol. The number of rotatable bonds is 3. The van der Waals surface area contributed by atoms with Crippen LogP contribution in [0.3, 0.4) is 0 Å². The van der Waals surface area contributed by atoms with Crippen molar-refractivity contribution in [2.45, 2.75) is 12.5 Å². The Balaban J connectivity index is 1.86. The Morgan fingerprint density at radius 2 is 2.00 bits per heavy atom. The zero-order chi connectivity index (χ0) is 14.8. The van der Waals surface area contributed by atoms with Crippen LogP contribution >= 0.6 is 0 Å². The molecule has 2 N–H and O–H groups in total. The van der Waals surface area contributed by atoms with E-state index in [-0.39, 0.29) is 18.3 Å². The number of hydrogen-bond acceptors (Lipinski definition) is 3. The van der Waals surface area contributed by atoms with Crippen LogP contribution in [0.25, 0.3) is 0 Å². The Hall–Kier alpha value is -2.53. The summed E-state index contributed by atoms with van der Waals surface area (Å²) in [7, 11) is 0. The van der Waals surface area contributed by atoms with Gasteiger partial charge in [-0.15, -0.1) is 0 Å². The third-order valence-electron chi connectivity index (χ3n) is 3.38. The second-order valence-electron chi connectivity index (χ2n) is 4.80. The lowest BCUT2D eigenvalue weighted by atomic mass is 10.0. The monoisotopic (exact) mass is 284 g/mol. The van der Waals surface area contributed by atoms with Gasteiger partial charge in [0.1, 0.15) is 11.7 Å². The van der Waals surface area contributed by atoms with Gasteiger partial charge in [-0.05, 0) is 41.5 Å². The minimum absolute atomic E-state index is 0.0261. The molecule has 0 aliphatic carbocycles. The molecule has 5 heteroatoms. The van der Waals surface area contributed by atoms with E-state index >= 15 is 0 Å². The first-order valence-corrected chi connectivity index (χ1v) is 6.51. The van der Waals surface area contributed by atoms with Gasteiger partial charge in [0.15, 0.2) is 0 Å². The number of aliphatic imine (C=N–C) groups is 1. The highest BCUT2D eigenvalue weighted by atomic mass is 19.1. The summed E-state index contributed by atoms with van der Waals surface area (Å²) < 4.78 is 13.3. The number of anilines is 1. The lowest BCUT2D eigenvalue weighted by Crippen LogP contribution is -2.12. The molecule has 4 nitrogen and oxygen atoms in total. The van der Waals surface area contributed by atoms with Gasteiger partial charge in [-0.25, -0.2) is 4.39 Å². The maximum atomic E-state index is 13.3. The predicted octanol–water partition coefficient (Wildman–Crippen LogP) is 2.76. The van der Waals surface area contributed by atoms with E-state index in [1.807, 2.05) is 0 Å². The second-order valence-corrected chi connectivity index (χ2v) is 4.80. The lowest BCUT2D eigenvalue weighted by Gasteiger charge is -2.02. The summed E-state index contributed by atoms with van der Waals surface area (Å²) >= 11 is 0. The minimum atomic E-state index is -0.590. The average molecular weight is 284 g/mol. The maximum Gasteiger partial charge on any atom is 0.237 e. The van der Waals surface area contributed by atoms with Gasteiger partial charge >= 0.3 is 0 Å². The van der Waals surface area contributed by atoms with Crippen LogP contribution in [-0.4, -0.2) is 17.2 Å². The van der Waals surface area contributed by atoms with Crippen LogP contribution < -0.4 is 5.32 Å². The number of amides is 1. The zero-order valence-corrected chi connectivity index (χ0v) is 11.1. The Morgan fingerprint density at radius 3 is 2.71 bits per heavy atom. The van der Waals surface area contributed by atoms with Crippen molar-refractivity contribution in [3.05, 3.63) is 59.4 Å². The summed E-state index contributed by atoms with van der Waals surface area (Å²) in [5, 5.41) is 11.7. The van der Waals surface area contributed by atoms with Crippen molar-refractivity contribution in [1.82, 2.24) is 0 Å². The number of aliphatic hydroxyl groups excluding tert-OH is 1. The highest BCUT2D eigenvalue weighted by Crippen LogP contribution is 2.32. The van der Waals surface area contributed by atoms with Gasteiger partial charge in [0.05, 0.1) is 12.3 Å². The van der Waals surface area contributed by atoms with Gasteiger partial charge in [-0.2, -0.15) is 0 Å². The van der Waals surface area contributed by atoms with Crippen molar-refractivity contribution < 1.29 is 14.3 Å². The number of hydrogen-bond donors (Lipinski definition) is 2. The number of benzene rings is 2. The van der Waals surface area contributed by atoms with Crippen LogP contribution in [0.15, 0.2) is 47.5 Å². The molecule has 1 amide bonds. The average Bonchev–Trinajstić information content (AvgIpc) is 2.80. The third kappa shape index (κ3) is 2.68. The first-order chi connectivity index (χ1) is 10.2. The van der Waals surface area contributed by atoms with E-state index in [0.29, 0.717) is 16.9 Å². The highest BCUT2D eigenvalue weighted by Gasteiger charge is 2.29. The van der Waals surface area contributed by atoms with E-state index in [4.69, 9.17) is 5.11 Å². The van der Waals surface area contributed by atoms with E-state index in [9.17, 15) is 9.18 Å². The van der Waals surface area contributed by atoms with Crippen LogP contribution in [0.1, 0.15) is 17.0 Å². The summed E-state index contributed by atoms with van der Waals surface area (Å²) in [6.45, 7) is -0.0261. The summed E-state index contributed by atoms with van der Waals surface area (Å²) in [5.41, 5.74) is 2.68. The molecule has 2 aromatic rings. The third-order valence-corrected chi connectivity index (χ3v) is 3.38. The smallest absolute Gasteiger partial charge is 0.237 e. The topological polar surface area (TPSA) is 61.7 Å². The van der Waals surface area contributed by atoms with Gasteiger partial charge in [-0.3, -0.25) is 9.79 Å². The second kappa shape index (κ2) is 5.46. The van der Waals surface area contributed by atoms with Crippen LogP contribution in [0.2, 0.25) is 0 Å². The molecule has 1 aliphatic rings. The fourth-order valence-electron chi connectivity index (χ4n) is 2.25. The Labute approximate surface area is 121 Å². The van der Waals surface area contributed by atoms with Gasteiger partial charge in [0.2, 0.25) is 5.91 Å². The van der Waals surface area contributed by atoms with Crippen LogP contribution in [-0.2, 0) is 11.4 Å². The molecule has 21 heavy (non-hydrogen) atoms. The van der Waals surface area contributed by atoms with Crippen LogP contribution in [0.5, 0.6) is 0 Å². The molecule has 3 rings (SSSR count). The van der Waals surface area contributed by atoms with Gasteiger partial charge in [-0.1, -0.05) is 12.1 Å². The quantitative estimate of drug-likeness (QED) is 0.851. The molecule has 1 aliphatic heterocycles. The molecule has 0 saturated carbocycles. The fraction of sp³-hybridized carbons (Fsp3) is 0.125. The highest BCUT2D eigenvalue weighted by molar-refractivity contribution is 6.12. The van der Waals surface area contributed by atoms with Crippen molar-refractivity contribution in [2.24, 2.45) is 4.99 Å². The molecule has 0 bridgehead atoms. The van der Waals surface area contributed by atoms with Gasteiger partial charge in [0.25, 0.3) is 0 Å². The number of aliphatic hydroxyl groups is 1. The van der Waals surface area contributed by atoms with Crippen molar-refractivity contribution in [3.63, 3.8) is 0 Å². The van der Waals surface area contributed by atoms with Crippen molar-refractivity contribution >= 4 is 23.5 Å². The molecule has 0 saturated heterocycles. The van der Waals surface area contributed by atoms with E-state index in [0.717, 1.165) is 5.56 Å². The molecule has 0 aromatic heterocycles. The van der Waals surface area contributed by atoms with E-state index in [2.05, 4.69) is 10.3 Å². The normalized spacial score (nSPS) is 17.0. The largest absolute Gasteiger partial charge is 0.392 e.